The van der Waals surface area contributed by atoms with Crippen LogP contribution >= 0.6 is 0 Å². The topological polar surface area (TPSA) is 104 Å². The average Bonchev–Trinajstić information content (AvgIpc) is 2.91. The van der Waals surface area contributed by atoms with Crippen LogP contribution in [-0.4, -0.2) is 65.1 Å². The second-order valence-corrected chi connectivity index (χ2v) is 4.57. The maximum atomic E-state index is 9.72. The van der Waals surface area contributed by atoms with Crippen LogP contribution in [0, 0.1) is 0 Å². The van der Waals surface area contributed by atoms with E-state index in [1.807, 2.05) is 0 Å². The van der Waals surface area contributed by atoms with Crippen LogP contribution in [0.5, 0.6) is 0 Å². The number of nitrogens with zero attached hydrogens (tertiary/aromatic N) is 1. The third-order valence-corrected chi connectivity index (χ3v) is 3.15. The predicted molar refractivity (Wildman–Crippen MR) is 63.0 cm³/mol. The van der Waals surface area contributed by atoms with Crippen molar-refractivity contribution in [2.75, 3.05) is 13.2 Å². The van der Waals surface area contributed by atoms with E-state index in [1.165, 1.54) is 0 Å². The van der Waals surface area contributed by atoms with Crippen LogP contribution in [0.4, 0.5) is 0 Å². The molecule has 2 saturated heterocycles. The average molecular weight is 260 g/mol. The van der Waals surface area contributed by atoms with Crippen molar-refractivity contribution in [2.24, 2.45) is 4.99 Å². The molecule has 0 aliphatic carbocycles. The molecule has 0 aromatic carbocycles. The number of aliphatic imine (C=N–C) groups is 1. The highest BCUT2D eigenvalue weighted by molar-refractivity contribution is 5.75. The maximum Gasteiger partial charge on any atom is 0.285 e. The lowest BCUT2D eigenvalue weighted by atomic mass is 10.1. The molecule has 7 nitrogen and oxygen atoms in total. The Morgan fingerprint density at radius 3 is 2.72 bits per heavy atom. The van der Waals surface area contributed by atoms with Crippen molar-refractivity contribution in [1.82, 2.24) is 5.32 Å². The molecule has 4 N–H and O–H groups in total. The van der Waals surface area contributed by atoms with E-state index in [2.05, 4.69) is 17.2 Å². The summed E-state index contributed by atoms with van der Waals surface area (Å²) in [6.07, 6.45) is -2.42. The number of nitrogens with one attached hydrogen (secondary N) is 1. The molecular weight excluding hydrogens is 240 g/mol. The lowest BCUT2D eigenvalue weighted by Crippen LogP contribution is -2.45. The molecule has 2 rings (SSSR count). The van der Waals surface area contributed by atoms with Crippen LogP contribution in [0.25, 0.3) is 0 Å². The highest BCUT2D eigenvalue weighted by Crippen LogP contribution is 2.23. The van der Waals surface area contributed by atoms with Crippen LogP contribution in [-0.2, 0) is 9.47 Å². The molecule has 0 amide bonds. The number of rotatable bonds is 4. The van der Waals surface area contributed by atoms with Crippen molar-refractivity contribution in [3.63, 3.8) is 0 Å². The highest BCUT2D eigenvalue weighted by atomic mass is 16.6. The van der Waals surface area contributed by atoms with Crippen molar-refractivity contribution >= 4 is 6.02 Å². The summed E-state index contributed by atoms with van der Waals surface area (Å²) in [5.41, 5.74) is 0. The summed E-state index contributed by atoms with van der Waals surface area (Å²) in [4.78, 5) is 4.22. The fourth-order valence-corrected chi connectivity index (χ4v) is 2.04. The number of hydrogen-bond donors (Lipinski definition) is 4. The predicted octanol–water partition coefficient (Wildman–Crippen LogP) is -1.43. The Morgan fingerprint density at radius 2 is 2.11 bits per heavy atom. The summed E-state index contributed by atoms with van der Waals surface area (Å²) in [6.45, 7) is 3.06. The minimum Gasteiger partial charge on any atom is -0.463 e. The Labute approximate surface area is 105 Å². The molecule has 18 heavy (non-hydrogen) atoms. The summed E-state index contributed by atoms with van der Waals surface area (Å²) < 4.78 is 10.4. The lowest BCUT2D eigenvalue weighted by molar-refractivity contribution is -0.131. The van der Waals surface area contributed by atoms with E-state index in [-0.39, 0.29) is 6.04 Å². The van der Waals surface area contributed by atoms with Gasteiger partial charge in [0, 0.05) is 6.54 Å². The summed E-state index contributed by atoms with van der Waals surface area (Å²) in [7, 11) is 0. The second-order valence-electron chi connectivity index (χ2n) is 4.57. The van der Waals surface area contributed by atoms with Gasteiger partial charge in [-0.15, -0.1) is 0 Å². The van der Waals surface area contributed by atoms with E-state index < -0.39 is 24.6 Å². The number of hydrogen-bond acceptors (Lipinski definition) is 6. The van der Waals surface area contributed by atoms with E-state index in [9.17, 15) is 15.3 Å². The minimum absolute atomic E-state index is 0.298. The van der Waals surface area contributed by atoms with E-state index in [1.54, 1.807) is 0 Å². The fourth-order valence-electron chi connectivity index (χ4n) is 2.04. The zero-order valence-electron chi connectivity index (χ0n) is 10.3. The van der Waals surface area contributed by atoms with Gasteiger partial charge >= 0.3 is 0 Å². The molecule has 104 valence electrons. The maximum absolute atomic E-state index is 9.72. The van der Waals surface area contributed by atoms with Gasteiger partial charge in [-0.1, -0.05) is 13.3 Å². The Hall–Kier alpha value is -0.890. The zero-order valence-corrected chi connectivity index (χ0v) is 10.3. The van der Waals surface area contributed by atoms with Crippen molar-refractivity contribution in [3.8, 4) is 0 Å². The van der Waals surface area contributed by atoms with Crippen molar-refractivity contribution in [1.29, 1.82) is 0 Å². The van der Waals surface area contributed by atoms with E-state index in [0.717, 1.165) is 12.8 Å². The van der Waals surface area contributed by atoms with Gasteiger partial charge in [0.25, 0.3) is 6.02 Å². The molecule has 0 aromatic rings. The Kier molecular flexibility index (Phi) is 4.39. The van der Waals surface area contributed by atoms with Gasteiger partial charge in [-0.2, -0.15) is 0 Å². The third kappa shape index (κ3) is 2.74. The first-order chi connectivity index (χ1) is 8.63. The lowest BCUT2D eigenvalue weighted by Gasteiger charge is -2.19. The molecule has 5 atom stereocenters. The number of ether oxygens (including phenoxy) is 2. The van der Waals surface area contributed by atoms with Crippen LogP contribution in [0.1, 0.15) is 19.8 Å². The molecule has 1 unspecified atom stereocenters. The number of aliphatic hydroxyl groups excluding tert-OH is 3. The molecule has 0 aromatic heterocycles. The molecule has 0 saturated carbocycles. The van der Waals surface area contributed by atoms with Gasteiger partial charge in [0.1, 0.15) is 24.9 Å². The third-order valence-electron chi connectivity index (χ3n) is 3.15. The fraction of sp³-hybridized carbons (Fsp3) is 0.909. The number of aliphatic hydroxyl groups is 3. The first kappa shape index (κ1) is 13.5. The smallest absolute Gasteiger partial charge is 0.285 e. The van der Waals surface area contributed by atoms with Crippen LogP contribution in [0.2, 0.25) is 0 Å². The highest BCUT2D eigenvalue weighted by Gasteiger charge is 2.47. The monoisotopic (exact) mass is 260 g/mol. The van der Waals surface area contributed by atoms with E-state index >= 15 is 0 Å². The van der Waals surface area contributed by atoms with Crippen LogP contribution < -0.4 is 5.32 Å². The summed E-state index contributed by atoms with van der Waals surface area (Å²) >= 11 is 0. The molecule has 0 radical (unpaired) electrons. The number of amidine groups is 1. The molecule has 2 heterocycles. The van der Waals surface area contributed by atoms with Gasteiger partial charge in [0.05, 0.1) is 6.04 Å². The van der Waals surface area contributed by atoms with Crippen molar-refractivity contribution < 1.29 is 24.8 Å². The van der Waals surface area contributed by atoms with Crippen molar-refractivity contribution in [2.45, 2.75) is 50.4 Å². The first-order valence-corrected chi connectivity index (χ1v) is 6.27. The van der Waals surface area contributed by atoms with E-state index in [4.69, 9.17) is 9.47 Å². The summed E-state index contributed by atoms with van der Waals surface area (Å²) in [5.74, 6) is 0. The second kappa shape index (κ2) is 5.83. The molecular formula is C11H20N2O5. The Balaban J connectivity index is 1.87. The molecule has 2 fully saturated rings. The van der Waals surface area contributed by atoms with E-state index in [0.29, 0.717) is 19.2 Å². The first-order valence-electron chi connectivity index (χ1n) is 6.27. The zero-order chi connectivity index (χ0) is 13.1. The summed E-state index contributed by atoms with van der Waals surface area (Å²) in [5, 5.41) is 31.4. The van der Waals surface area contributed by atoms with Gasteiger partial charge in [-0.05, 0) is 6.42 Å². The molecule has 0 spiro atoms. The molecule has 0 bridgehead atoms. The minimum atomic E-state index is -1.35. The van der Waals surface area contributed by atoms with Crippen LogP contribution in [0.15, 0.2) is 4.99 Å². The largest absolute Gasteiger partial charge is 0.463 e. The van der Waals surface area contributed by atoms with Gasteiger partial charge in [0.15, 0.2) is 6.29 Å². The molecule has 2 aliphatic heterocycles. The Bertz CT molecular complexity index is 312. The molecule has 7 heteroatoms. The van der Waals surface area contributed by atoms with Crippen molar-refractivity contribution in [3.05, 3.63) is 0 Å². The standard InChI is InChI=1S/C11H20N2O5/c1-2-3-4-12-11-13-6(5-17-11)9-7(14)8(15)10(16)18-9/h6-10,14-16H,2-5H2,1H3,(H,12,13)/t6-,7-,8-,9-,10?/m1/s1. The quantitative estimate of drug-likeness (QED) is 0.462. The molecule has 2 aliphatic rings. The van der Waals surface area contributed by atoms with Gasteiger partial charge in [-0.25, -0.2) is 4.99 Å². The van der Waals surface area contributed by atoms with Gasteiger partial charge < -0.3 is 30.1 Å². The van der Waals surface area contributed by atoms with Gasteiger partial charge in [0.2, 0.25) is 0 Å². The Morgan fingerprint density at radius 1 is 1.33 bits per heavy atom. The summed E-state index contributed by atoms with van der Waals surface area (Å²) in [6, 6.07) is 0.118. The van der Waals surface area contributed by atoms with Gasteiger partial charge in [-0.3, -0.25) is 0 Å². The van der Waals surface area contributed by atoms with Crippen LogP contribution in [0.3, 0.4) is 0 Å². The normalized spacial score (nSPS) is 42.0. The SMILES string of the molecule is CCCCN=C1N[C@@H]([C@H]2OC(O)[C@H](O)[C@H]2O)CO1. The number of unbranched alkanes of at least 4 members (excludes halogenated alkanes) is 1.